The van der Waals surface area contributed by atoms with E-state index < -0.39 is 0 Å². The van der Waals surface area contributed by atoms with Crippen LogP contribution in [0, 0.1) is 34.6 Å². The van der Waals surface area contributed by atoms with Crippen LogP contribution in [0.3, 0.4) is 0 Å². The average Bonchev–Trinajstić information content (AvgIpc) is 1.54. The van der Waals surface area contributed by atoms with Crippen LogP contribution in [-0.4, -0.2) is 8.80 Å². The number of benzene rings is 14. The van der Waals surface area contributed by atoms with Gasteiger partial charge in [0.15, 0.2) is 0 Å². The van der Waals surface area contributed by atoms with Crippen LogP contribution in [0.4, 0.5) is 68.2 Å². The number of fused-ring (bicyclic) bond motifs is 12. The largest absolute Gasteiger partial charge is 0.310 e. The van der Waals surface area contributed by atoms with Gasteiger partial charge in [0, 0.05) is 88.6 Å². The number of rotatable bonds is 16. The molecule has 0 aliphatic carbocycles. The van der Waals surface area contributed by atoms with Crippen molar-refractivity contribution in [3.63, 3.8) is 0 Å². The maximum Gasteiger partial charge on any atom is 0.0622 e. The van der Waals surface area contributed by atoms with Gasteiger partial charge in [-0.05, 0) is 246 Å². The molecule has 0 aliphatic heterocycles. The van der Waals surface area contributed by atoms with Crippen molar-refractivity contribution in [3.05, 3.63) is 347 Å². The summed E-state index contributed by atoms with van der Waals surface area (Å²) in [4.78, 5) is 10.0. The fourth-order valence-corrected chi connectivity index (χ4v) is 18.1. The van der Waals surface area contributed by atoms with Crippen LogP contribution in [0.5, 0.6) is 0 Å². The van der Waals surface area contributed by atoms with Gasteiger partial charge >= 0.3 is 0 Å². The quantitative estimate of drug-likeness (QED) is 0.0961. The Morgan fingerprint density at radius 3 is 0.893 bits per heavy atom. The Morgan fingerprint density at radius 1 is 0.250 bits per heavy atom. The van der Waals surface area contributed by atoms with E-state index in [-0.39, 0.29) is 21.7 Å². The summed E-state index contributed by atoms with van der Waals surface area (Å²) in [5.41, 5.74) is 33.7. The molecule has 18 rings (SSSR count). The van der Waals surface area contributed by atoms with Crippen LogP contribution in [0.1, 0.15) is 138 Å². The van der Waals surface area contributed by atoms with Crippen LogP contribution in [-0.2, 0) is 28.1 Å². The SMILES string of the molecule is Cc1ccc(C)c(N(c2ccccc2C)c2cccc3c2c2cccc4c5c(N(c6ccccc6C)c6cc(CCC(C)(C)c7ccc(N(c8ccc(C(C)(C)C)cc8)c8cccc9c8c8cccc%10c%11c(N(c%12ccc(C(C)(C)C)cc%12)c%12ccc(C(C)(C)C)cc%12)cccc%11n9c%108)cc7)ccc6C)cccc5n3c24)c1. The normalized spacial score (nSPS) is 12.5. The lowest BCUT2D eigenvalue weighted by atomic mass is 9.79. The third kappa shape index (κ3) is 11.9. The van der Waals surface area contributed by atoms with Gasteiger partial charge in [-0.1, -0.05) is 246 Å². The smallest absolute Gasteiger partial charge is 0.0622 e. The molecule has 14 aromatic carbocycles. The van der Waals surface area contributed by atoms with Gasteiger partial charge < -0.3 is 28.4 Å². The van der Waals surface area contributed by atoms with Gasteiger partial charge in [-0.15, -0.1) is 0 Å². The molecule has 0 saturated carbocycles. The third-order valence-corrected chi connectivity index (χ3v) is 24.4. The molecule has 6 nitrogen and oxygen atoms in total. The molecule has 4 aromatic heterocycles. The molecule has 0 aliphatic rings. The summed E-state index contributed by atoms with van der Waals surface area (Å²) < 4.78 is 5.10. The zero-order chi connectivity index (χ0) is 77.6. The van der Waals surface area contributed by atoms with E-state index in [0.29, 0.717) is 0 Å². The van der Waals surface area contributed by atoms with E-state index in [4.69, 9.17) is 0 Å². The third-order valence-electron chi connectivity index (χ3n) is 24.4. The highest BCUT2D eigenvalue weighted by Gasteiger charge is 2.32. The summed E-state index contributed by atoms with van der Waals surface area (Å²) in [5, 5.41) is 9.90. The molecule has 0 N–H and O–H groups in total. The highest BCUT2D eigenvalue weighted by molar-refractivity contribution is 6.30. The predicted octanol–water partition coefficient (Wildman–Crippen LogP) is 30.2. The minimum Gasteiger partial charge on any atom is -0.310 e. The van der Waals surface area contributed by atoms with Crippen molar-refractivity contribution in [1.82, 2.24) is 8.80 Å². The Labute approximate surface area is 660 Å². The number of aromatic nitrogens is 2. The molecule has 4 heterocycles. The Morgan fingerprint density at radius 2 is 0.545 bits per heavy atom. The van der Waals surface area contributed by atoms with E-state index in [9.17, 15) is 0 Å². The van der Waals surface area contributed by atoms with Crippen molar-refractivity contribution in [2.75, 3.05) is 19.6 Å². The molecule has 0 bridgehead atoms. The van der Waals surface area contributed by atoms with Crippen LogP contribution in [0.15, 0.2) is 291 Å². The lowest BCUT2D eigenvalue weighted by Crippen LogP contribution is -2.19. The Bertz CT molecular complexity index is 6590. The van der Waals surface area contributed by atoms with Crippen LogP contribution in [0.25, 0.3) is 76.2 Å². The minimum atomic E-state index is -0.169. The van der Waals surface area contributed by atoms with E-state index >= 15 is 0 Å². The molecule has 0 spiro atoms. The molecule has 0 unspecified atom stereocenters. The van der Waals surface area contributed by atoms with E-state index in [1.807, 2.05) is 0 Å². The van der Waals surface area contributed by atoms with Gasteiger partial charge in [-0.25, -0.2) is 0 Å². The van der Waals surface area contributed by atoms with Crippen molar-refractivity contribution in [2.24, 2.45) is 0 Å². The van der Waals surface area contributed by atoms with Gasteiger partial charge in [0.1, 0.15) is 0 Å². The molecule has 0 amide bonds. The fourth-order valence-electron chi connectivity index (χ4n) is 18.1. The van der Waals surface area contributed by atoms with Gasteiger partial charge in [0.25, 0.3) is 0 Å². The molecule has 0 atom stereocenters. The highest BCUT2D eigenvalue weighted by atomic mass is 15.2. The maximum atomic E-state index is 2.56. The monoisotopic (exact) mass is 1460 g/mol. The molecule has 6 heteroatoms. The second kappa shape index (κ2) is 26.8. The van der Waals surface area contributed by atoms with Crippen molar-refractivity contribution >= 4 is 144 Å². The summed E-state index contributed by atoms with van der Waals surface area (Å²) in [6.45, 7) is 36.7. The summed E-state index contributed by atoms with van der Waals surface area (Å²) >= 11 is 0. The van der Waals surface area contributed by atoms with Crippen LogP contribution >= 0.6 is 0 Å². The number of para-hydroxylation sites is 4. The first-order chi connectivity index (χ1) is 53.8. The van der Waals surface area contributed by atoms with E-state index in [0.717, 1.165) is 52.7 Å². The minimum absolute atomic E-state index is 0.00618. The topological polar surface area (TPSA) is 21.8 Å². The van der Waals surface area contributed by atoms with Crippen molar-refractivity contribution < 1.29 is 0 Å². The van der Waals surface area contributed by atoms with Gasteiger partial charge in [0.2, 0.25) is 0 Å². The number of hydrogen-bond donors (Lipinski definition) is 0. The Hall–Kier alpha value is -12.1. The summed E-state index contributed by atoms with van der Waals surface area (Å²) in [6.07, 6.45) is 1.85. The van der Waals surface area contributed by atoms with Gasteiger partial charge in [-0.2, -0.15) is 0 Å². The summed E-state index contributed by atoms with van der Waals surface area (Å²) in [6, 6.07) is 111. The van der Waals surface area contributed by atoms with E-state index in [2.05, 4.69) is 430 Å². The highest BCUT2D eigenvalue weighted by Crippen LogP contribution is 2.54. The first-order valence-electron chi connectivity index (χ1n) is 40.1. The molecule has 0 fully saturated rings. The van der Waals surface area contributed by atoms with Gasteiger partial charge in [-0.3, -0.25) is 0 Å². The molecule has 18 aromatic rings. The second-order valence-electron chi connectivity index (χ2n) is 35.4. The second-order valence-corrected chi connectivity index (χ2v) is 35.4. The summed E-state index contributed by atoms with van der Waals surface area (Å²) in [5.74, 6) is 0. The van der Waals surface area contributed by atoms with E-state index in [1.165, 1.54) is 160 Å². The molecular weight excluding hydrogens is 1360 g/mol. The lowest BCUT2D eigenvalue weighted by molar-refractivity contribution is 0.480. The number of anilines is 12. The lowest BCUT2D eigenvalue weighted by Gasteiger charge is -2.31. The fraction of sp³-hybridized carbons (Fsp3) is 0.208. The standard InChI is InChI=1S/C106H100N6/c1-67-43-44-70(4)95(65-67)109(85-33-19-17-27-68(85)2)89-37-25-41-93-99(89)83-31-22-32-84-100-90(38-26-42-94(100)112(93)102(83)84)110(86-34-20-18-28-69(86)3)96-66-72(46-45-71(96)5)63-64-106(15,16)76-53-61-80(62-54-76)108(79-59-51-75(52-60-79)105(12,13)14)88-36-24-40-92-98(88)82-30-21-29-81-97-87(35-23-39-91(97)111(92)101(81)82)107(77-55-47-73(48-56-77)103(6,7)8)78-57-49-74(50-58-78)104(9,10)11/h17-62,65-66H,63-64H2,1-16H3. The number of aryl methyl sites for hydroxylation is 6. The molecule has 554 valence electrons. The van der Waals surface area contributed by atoms with Crippen LogP contribution < -0.4 is 19.6 Å². The van der Waals surface area contributed by atoms with Crippen molar-refractivity contribution in [2.45, 2.75) is 145 Å². The number of nitrogens with zero attached hydrogens (tertiary/aromatic N) is 6. The number of hydrogen-bond acceptors (Lipinski definition) is 4. The van der Waals surface area contributed by atoms with Crippen LogP contribution in [0.2, 0.25) is 0 Å². The Balaban J connectivity index is 0.704. The van der Waals surface area contributed by atoms with Crippen molar-refractivity contribution in [3.8, 4) is 0 Å². The first-order valence-corrected chi connectivity index (χ1v) is 40.1. The van der Waals surface area contributed by atoms with Crippen molar-refractivity contribution in [1.29, 1.82) is 0 Å². The average molecular weight is 1460 g/mol. The maximum absolute atomic E-state index is 2.56. The molecule has 0 saturated heterocycles. The first kappa shape index (κ1) is 71.5. The zero-order valence-electron chi connectivity index (χ0n) is 67.8. The van der Waals surface area contributed by atoms with Gasteiger partial charge in [0.05, 0.1) is 55.8 Å². The zero-order valence-corrected chi connectivity index (χ0v) is 67.8. The van der Waals surface area contributed by atoms with E-state index in [1.54, 1.807) is 0 Å². The molecule has 0 radical (unpaired) electrons. The molecular formula is C106H100N6. The Kier molecular flexibility index (Phi) is 17.1. The predicted molar refractivity (Wildman–Crippen MR) is 482 cm³/mol. The molecule has 112 heavy (non-hydrogen) atoms. The summed E-state index contributed by atoms with van der Waals surface area (Å²) in [7, 11) is 0.